The highest BCUT2D eigenvalue weighted by molar-refractivity contribution is 5.48. The number of aromatic nitrogens is 2. The Hall–Kier alpha value is -1.36. The SMILES string of the molecule is CC(C)Oc1nccnc1N1CCC(C2CCCO2)CC1. The van der Waals surface area contributed by atoms with E-state index in [1.165, 1.54) is 25.7 Å². The van der Waals surface area contributed by atoms with Gasteiger partial charge in [0.25, 0.3) is 5.88 Å². The normalized spacial score (nSPS) is 23.8. The van der Waals surface area contributed by atoms with Gasteiger partial charge in [-0.1, -0.05) is 0 Å². The molecule has 2 saturated heterocycles. The summed E-state index contributed by atoms with van der Waals surface area (Å²) in [6.45, 7) is 7.00. The molecule has 3 rings (SSSR count). The standard InChI is InChI=1S/C16H25N3O2/c1-12(2)21-16-15(17-7-8-18-16)19-9-5-13(6-10-19)14-4-3-11-20-14/h7-8,12-14H,3-6,9-11H2,1-2H3. The van der Waals surface area contributed by atoms with E-state index in [2.05, 4.69) is 14.9 Å². The molecule has 0 N–H and O–H groups in total. The molecule has 0 aliphatic carbocycles. The quantitative estimate of drug-likeness (QED) is 0.853. The first-order chi connectivity index (χ1) is 10.2. The Labute approximate surface area is 126 Å². The lowest BCUT2D eigenvalue weighted by molar-refractivity contribution is 0.0530. The molecule has 2 aliphatic rings. The highest BCUT2D eigenvalue weighted by Crippen LogP contribution is 2.32. The van der Waals surface area contributed by atoms with Crippen LogP contribution in [0.3, 0.4) is 0 Å². The van der Waals surface area contributed by atoms with Crippen LogP contribution in [-0.2, 0) is 4.74 Å². The van der Waals surface area contributed by atoms with Gasteiger partial charge in [0.1, 0.15) is 0 Å². The van der Waals surface area contributed by atoms with Crippen molar-refractivity contribution in [3.05, 3.63) is 12.4 Å². The minimum atomic E-state index is 0.116. The van der Waals surface area contributed by atoms with Crippen LogP contribution >= 0.6 is 0 Å². The summed E-state index contributed by atoms with van der Waals surface area (Å²) >= 11 is 0. The third-order valence-electron chi connectivity index (χ3n) is 4.32. The van der Waals surface area contributed by atoms with Crippen LogP contribution in [0.4, 0.5) is 5.82 Å². The van der Waals surface area contributed by atoms with E-state index in [9.17, 15) is 0 Å². The number of hydrogen-bond acceptors (Lipinski definition) is 5. The smallest absolute Gasteiger partial charge is 0.257 e. The molecule has 0 saturated carbocycles. The second-order valence-electron chi connectivity index (χ2n) is 6.23. The lowest BCUT2D eigenvalue weighted by Gasteiger charge is -2.35. The average molecular weight is 291 g/mol. The van der Waals surface area contributed by atoms with Gasteiger partial charge in [-0.05, 0) is 45.4 Å². The van der Waals surface area contributed by atoms with Crippen molar-refractivity contribution in [1.82, 2.24) is 9.97 Å². The van der Waals surface area contributed by atoms with E-state index >= 15 is 0 Å². The van der Waals surface area contributed by atoms with E-state index < -0.39 is 0 Å². The summed E-state index contributed by atoms with van der Waals surface area (Å²) in [5, 5.41) is 0. The van der Waals surface area contributed by atoms with Crippen molar-refractivity contribution in [3.8, 4) is 5.88 Å². The lowest BCUT2D eigenvalue weighted by atomic mass is 9.90. The highest BCUT2D eigenvalue weighted by atomic mass is 16.5. The lowest BCUT2D eigenvalue weighted by Crippen LogP contribution is -2.38. The Balaban J connectivity index is 1.63. The Morgan fingerprint density at radius 2 is 1.95 bits per heavy atom. The van der Waals surface area contributed by atoms with Gasteiger partial charge in [0.05, 0.1) is 12.2 Å². The van der Waals surface area contributed by atoms with Crippen molar-refractivity contribution in [1.29, 1.82) is 0 Å². The van der Waals surface area contributed by atoms with Gasteiger partial charge in [-0.3, -0.25) is 0 Å². The first-order valence-electron chi connectivity index (χ1n) is 8.08. The fraction of sp³-hybridized carbons (Fsp3) is 0.750. The molecule has 21 heavy (non-hydrogen) atoms. The first kappa shape index (κ1) is 14.6. The predicted molar refractivity (Wildman–Crippen MR) is 81.7 cm³/mol. The summed E-state index contributed by atoms with van der Waals surface area (Å²) in [5.74, 6) is 2.25. The van der Waals surface area contributed by atoms with Gasteiger partial charge >= 0.3 is 0 Å². The topological polar surface area (TPSA) is 47.5 Å². The molecule has 5 heteroatoms. The molecule has 0 bridgehead atoms. The van der Waals surface area contributed by atoms with E-state index in [0.717, 1.165) is 25.5 Å². The van der Waals surface area contributed by atoms with Crippen molar-refractivity contribution >= 4 is 5.82 Å². The maximum Gasteiger partial charge on any atom is 0.257 e. The van der Waals surface area contributed by atoms with Crippen LogP contribution in [0.25, 0.3) is 0 Å². The van der Waals surface area contributed by atoms with Gasteiger partial charge in [0.2, 0.25) is 0 Å². The number of anilines is 1. The van der Waals surface area contributed by atoms with Gasteiger partial charge in [0, 0.05) is 32.1 Å². The summed E-state index contributed by atoms with van der Waals surface area (Å²) in [4.78, 5) is 11.1. The number of piperidine rings is 1. The monoisotopic (exact) mass is 291 g/mol. The summed E-state index contributed by atoms with van der Waals surface area (Å²) < 4.78 is 11.6. The first-order valence-corrected chi connectivity index (χ1v) is 8.08. The largest absolute Gasteiger partial charge is 0.472 e. The molecule has 1 aromatic rings. The van der Waals surface area contributed by atoms with E-state index in [1.54, 1.807) is 12.4 Å². The van der Waals surface area contributed by atoms with E-state index in [-0.39, 0.29) is 6.10 Å². The van der Waals surface area contributed by atoms with Crippen LogP contribution < -0.4 is 9.64 Å². The van der Waals surface area contributed by atoms with E-state index in [1.807, 2.05) is 13.8 Å². The summed E-state index contributed by atoms with van der Waals surface area (Å²) in [7, 11) is 0. The highest BCUT2D eigenvalue weighted by Gasteiger charge is 2.30. The molecule has 2 aliphatic heterocycles. The van der Waals surface area contributed by atoms with Gasteiger partial charge in [-0.15, -0.1) is 0 Å². The molecule has 0 spiro atoms. The maximum absolute atomic E-state index is 5.84. The van der Waals surface area contributed by atoms with Crippen molar-refractivity contribution in [2.45, 2.75) is 51.7 Å². The number of ether oxygens (including phenoxy) is 2. The molecule has 1 atom stereocenters. The zero-order valence-electron chi connectivity index (χ0n) is 13.0. The Morgan fingerprint density at radius 3 is 2.62 bits per heavy atom. The van der Waals surface area contributed by atoms with Crippen LogP contribution in [0.2, 0.25) is 0 Å². The molecule has 0 aromatic carbocycles. The Bertz CT molecular complexity index is 453. The van der Waals surface area contributed by atoms with Gasteiger partial charge < -0.3 is 14.4 Å². The molecule has 2 fully saturated rings. The number of rotatable bonds is 4. The van der Waals surface area contributed by atoms with Crippen molar-refractivity contribution in [3.63, 3.8) is 0 Å². The molecule has 1 aromatic heterocycles. The fourth-order valence-electron chi connectivity index (χ4n) is 3.30. The van der Waals surface area contributed by atoms with Gasteiger partial charge in [-0.25, -0.2) is 9.97 Å². The summed E-state index contributed by atoms with van der Waals surface area (Å²) in [6, 6.07) is 0. The molecule has 1 unspecified atom stereocenters. The second-order valence-corrected chi connectivity index (χ2v) is 6.23. The Morgan fingerprint density at radius 1 is 1.19 bits per heavy atom. The molecule has 5 nitrogen and oxygen atoms in total. The molecule has 116 valence electrons. The van der Waals surface area contributed by atoms with Crippen molar-refractivity contribution in [2.24, 2.45) is 5.92 Å². The van der Waals surface area contributed by atoms with Crippen LogP contribution in [-0.4, -0.2) is 41.9 Å². The van der Waals surface area contributed by atoms with Crippen LogP contribution in [0, 0.1) is 5.92 Å². The third kappa shape index (κ3) is 3.46. The molecular weight excluding hydrogens is 266 g/mol. The average Bonchev–Trinajstić information content (AvgIpc) is 3.02. The second kappa shape index (κ2) is 6.60. The zero-order chi connectivity index (χ0) is 14.7. The fourth-order valence-corrected chi connectivity index (χ4v) is 3.30. The van der Waals surface area contributed by atoms with Crippen molar-refractivity contribution in [2.75, 3.05) is 24.6 Å². The minimum absolute atomic E-state index is 0.116. The maximum atomic E-state index is 5.84. The number of hydrogen-bond donors (Lipinski definition) is 0. The molecular formula is C16H25N3O2. The third-order valence-corrected chi connectivity index (χ3v) is 4.32. The van der Waals surface area contributed by atoms with Gasteiger partial charge in [0.15, 0.2) is 5.82 Å². The van der Waals surface area contributed by atoms with Crippen LogP contribution in [0.15, 0.2) is 12.4 Å². The minimum Gasteiger partial charge on any atom is -0.472 e. The predicted octanol–water partition coefficient (Wildman–Crippen LogP) is 2.66. The molecule has 3 heterocycles. The molecule has 0 radical (unpaired) electrons. The summed E-state index contributed by atoms with van der Waals surface area (Å²) in [6.07, 6.45) is 8.84. The zero-order valence-corrected chi connectivity index (χ0v) is 13.0. The van der Waals surface area contributed by atoms with Crippen molar-refractivity contribution < 1.29 is 9.47 Å². The van der Waals surface area contributed by atoms with Gasteiger partial charge in [-0.2, -0.15) is 0 Å². The molecule has 0 amide bonds. The van der Waals surface area contributed by atoms with E-state index in [4.69, 9.17) is 9.47 Å². The van der Waals surface area contributed by atoms with E-state index in [0.29, 0.717) is 17.9 Å². The Kier molecular flexibility index (Phi) is 4.58. The number of nitrogens with zero attached hydrogens (tertiary/aromatic N) is 3. The van der Waals surface area contributed by atoms with Crippen LogP contribution in [0.5, 0.6) is 5.88 Å². The summed E-state index contributed by atoms with van der Waals surface area (Å²) in [5.41, 5.74) is 0. The van der Waals surface area contributed by atoms with Crippen LogP contribution in [0.1, 0.15) is 39.5 Å².